The molecule has 3 aliphatic rings. The van der Waals surface area contributed by atoms with Crippen LogP contribution in [0, 0.1) is 11.5 Å². The van der Waals surface area contributed by atoms with Gasteiger partial charge in [0, 0.05) is 17.0 Å². The Hall–Kier alpha value is -2.39. The van der Waals surface area contributed by atoms with Crippen LogP contribution in [0.3, 0.4) is 0 Å². The molecule has 1 saturated carbocycles. The fourth-order valence-corrected chi connectivity index (χ4v) is 5.19. The topological polar surface area (TPSA) is 69.0 Å². The van der Waals surface area contributed by atoms with E-state index < -0.39 is 0 Å². The number of nitriles is 1. The first-order valence-electron chi connectivity index (χ1n) is 9.27. The number of hydrogen-bond donors (Lipinski definition) is 1. The maximum absolute atomic E-state index is 12.6. The Morgan fingerprint density at radius 2 is 2.19 bits per heavy atom. The van der Waals surface area contributed by atoms with E-state index in [0.29, 0.717) is 17.7 Å². The predicted molar refractivity (Wildman–Crippen MR) is 99.7 cm³/mol. The third-order valence-electron chi connectivity index (χ3n) is 5.89. The molecule has 1 unspecified atom stereocenters. The van der Waals surface area contributed by atoms with Crippen LogP contribution in [0.1, 0.15) is 54.1 Å². The van der Waals surface area contributed by atoms with Gasteiger partial charge in [-0.3, -0.25) is 4.79 Å². The van der Waals surface area contributed by atoms with Crippen molar-refractivity contribution in [1.82, 2.24) is 15.2 Å². The number of nitrogens with zero attached hydrogens (tertiary/aromatic N) is 3. The molecule has 2 aromatic rings. The minimum absolute atomic E-state index is 0.0595. The molecule has 26 heavy (non-hydrogen) atoms. The molecule has 1 amide bonds. The summed E-state index contributed by atoms with van der Waals surface area (Å²) in [6.45, 7) is 0. The first kappa shape index (κ1) is 15.8. The van der Waals surface area contributed by atoms with Crippen LogP contribution in [0.5, 0.6) is 0 Å². The standard InChI is InChI=1S/C20H20N4OS/c21-11-24-15-6-7-18(24)16(9-15)22-19(25)17-10-26-20(23-17)14-3-1-2-13(8-14)12-4-5-12/h1-3,8,10,12,15-16,18H,4-7,9H2,(H,22,25)/t15?,16-,18-/m1/s1. The van der Waals surface area contributed by atoms with Gasteiger partial charge in [0.25, 0.3) is 5.91 Å². The monoisotopic (exact) mass is 364 g/mol. The SMILES string of the molecule is N#CN1C2CC[C@@H]1[C@H](NC(=O)c1csc(-c3cccc(C4CC4)c3)n1)C2. The quantitative estimate of drug-likeness (QED) is 0.843. The second-order valence-electron chi connectivity index (χ2n) is 7.56. The highest BCUT2D eigenvalue weighted by molar-refractivity contribution is 7.13. The van der Waals surface area contributed by atoms with Crippen molar-refractivity contribution in [2.24, 2.45) is 0 Å². The lowest BCUT2D eigenvalue weighted by Crippen LogP contribution is -2.43. The van der Waals surface area contributed by atoms with Gasteiger partial charge in [-0.05, 0) is 49.7 Å². The highest BCUT2D eigenvalue weighted by atomic mass is 32.1. The summed E-state index contributed by atoms with van der Waals surface area (Å²) >= 11 is 1.52. The lowest BCUT2D eigenvalue weighted by atomic mass is 9.95. The second-order valence-corrected chi connectivity index (χ2v) is 8.42. The second kappa shape index (κ2) is 6.10. The van der Waals surface area contributed by atoms with Gasteiger partial charge in [-0.25, -0.2) is 4.98 Å². The lowest BCUT2D eigenvalue weighted by molar-refractivity contribution is 0.0924. The molecular weight excluding hydrogens is 344 g/mol. The number of fused-ring (bicyclic) bond motifs is 2. The Morgan fingerprint density at radius 1 is 1.31 bits per heavy atom. The molecule has 0 spiro atoms. The molecule has 3 fully saturated rings. The van der Waals surface area contributed by atoms with Crippen molar-refractivity contribution < 1.29 is 4.79 Å². The molecule has 132 valence electrons. The Bertz CT molecular complexity index is 897. The molecule has 5 nitrogen and oxygen atoms in total. The van der Waals surface area contributed by atoms with Crippen molar-refractivity contribution in [3.8, 4) is 16.8 Å². The van der Waals surface area contributed by atoms with Crippen molar-refractivity contribution in [3.63, 3.8) is 0 Å². The largest absolute Gasteiger partial charge is 0.346 e. The summed E-state index contributed by atoms with van der Waals surface area (Å²) in [4.78, 5) is 19.1. The molecule has 6 heteroatoms. The van der Waals surface area contributed by atoms with E-state index in [1.165, 1.54) is 29.7 Å². The fourth-order valence-electron chi connectivity index (χ4n) is 4.39. The minimum Gasteiger partial charge on any atom is -0.346 e. The van der Waals surface area contributed by atoms with E-state index in [9.17, 15) is 10.1 Å². The third kappa shape index (κ3) is 2.67. The summed E-state index contributed by atoms with van der Waals surface area (Å²) in [5.74, 6) is 0.583. The highest BCUT2D eigenvalue weighted by Gasteiger charge is 2.46. The number of benzene rings is 1. The Labute approximate surface area is 156 Å². The first-order chi connectivity index (χ1) is 12.7. The van der Waals surface area contributed by atoms with Gasteiger partial charge in [0.15, 0.2) is 6.19 Å². The van der Waals surface area contributed by atoms with Crippen LogP contribution in [0.4, 0.5) is 0 Å². The van der Waals surface area contributed by atoms with Crippen LogP contribution in [0.2, 0.25) is 0 Å². The van der Waals surface area contributed by atoms with Crippen LogP contribution < -0.4 is 5.32 Å². The Kier molecular flexibility index (Phi) is 3.71. The van der Waals surface area contributed by atoms with Crippen LogP contribution >= 0.6 is 11.3 Å². The maximum atomic E-state index is 12.6. The predicted octanol–water partition coefficient (Wildman–Crippen LogP) is 3.50. The first-order valence-corrected chi connectivity index (χ1v) is 10.2. The van der Waals surface area contributed by atoms with Gasteiger partial charge in [-0.1, -0.05) is 18.2 Å². The van der Waals surface area contributed by atoms with E-state index in [1.807, 2.05) is 10.3 Å². The summed E-state index contributed by atoms with van der Waals surface area (Å²) in [6.07, 6.45) is 7.74. The molecule has 1 N–H and O–H groups in total. The maximum Gasteiger partial charge on any atom is 0.271 e. The van der Waals surface area contributed by atoms with Gasteiger partial charge in [-0.2, -0.15) is 5.26 Å². The number of thiazole rings is 1. The number of aromatic nitrogens is 1. The van der Waals surface area contributed by atoms with Gasteiger partial charge in [0.2, 0.25) is 0 Å². The van der Waals surface area contributed by atoms with Gasteiger partial charge in [0.05, 0.1) is 12.1 Å². The normalized spacial score (nSPS) is 26.7. The molecule has 2 saturated heterocycles. The molecular formula is C20H20N4OS. The third-order valence-corrected chi connectivity index (χ3v) is 6.78. The Morgan fingerprint density at radius 3 is 2.96 bits per heavy atom. The van der Waals surface area contributed by atoms with Crippen LogP contribution in [0.15, 0.2) is 29.6 Å². The zero-order chi connectivity index (χ0) is 17.7. The number of hydrogen-bond acceptors (Lipinski definition) is 5. The molecule has 1 aromatic heterocycles. The number of nitrogens with one attached hydrogen (secondary N) is 1. The number of carbonyl (C=O) groups excluding carboxylic acids is 1. The zero-order valence-electron chi connectivity index (χ0n) is 14.4. The van der Waals surface area contributed by atoms with Crippen LogP contribution in [-0.4, -0.2) is 33.9 Å². The number of rotatable bonds is 4. The zero-order valence-corrected chi connectivity index (χ0v) is 15.2. The molecule has 1 aromatic carbocycles. The van der Waals surface area contributed by atoms with Crippen molar-refractivity contribution in [1.29, 1.82) is 5.26 Å². The molecule has 5 rings (SSSR count). The summed E-state index contributed by atoms with van der Waals surface area (Å²) in [5.41, 5.74) is 2.95. The summed E-state index contributed by atoms with van der Waals surface area (Å²) in [7, 11) is 0. The van der Waals surface area contributed by atoms with E-state index in [1.54, 1.807) is 0 Å². The average molecular weight is 364 g/mol. The molecule has 0 radical (unpaired) electrons. The van der Waals surface area contributed by atoms with Crippen LogP contribution in [0.25, 0.3) is 10.6 Å². The smallest absolute Gasteiger partial charge is 0.271 e. The molecule has 2 aliphatic heterocycles. The molecule has 1 aliphatic carbocycles. The van der Waals surface area contributed by atoms with E-state index in [-0.39, 0.29) is 18.0 Å². The summed E-state index contributed by atoms with van der Waals surface area (Å²) in [6, 6.07) is 9.04. The minimum atomic E-state index is -0.124. The van der Waals surface area contributed by atoms with Crippen molar-refractivity contribution in [3.05, 3.63) is 40.9 Å². The van der Waals surface area contributed by atoms with Crippen LogP contribution in [-0.2, 0) is 0 Å². The van der Waals surface area contributed by atoms with E-state index >= 15 is 0 Å². The van der Waals surface area contributed by atoms with E-state index in [2.05, 4.69) is 40.8 Å². The van der Waals surface area contributed by atoms with Crippen molar-refractivity contribution in [2.75, 3.05) is 0 Å². The van der Waals surface area contributed by atoms with Crippen molar-refractivity contribution in [2.45, 2.75) is 56.1 Å². The summed E-state index contributed by atoms with van der Waals surface area (Å²) in [5, 5.41) is 15.1. The van der Waals surface area contributed by atoms with Gasteiger partial charge in [0.1, 0.15) is 10.7 Å². The Balaban J connectivity index is 1.30. The van der Waals surface area contributed by atoms with E-state index in [0.717, 1.165) is 29.8 Å². The number of amides is 1. The molecule has 3 atom stereocenters. The van der Waals surface area contributed by atoms with Gasteiger partial charge in [-0.15, -0.1) is 11.3 Å². The highest BCUT2D eigenvalue weighted by Crippen LogP contribution is 2.41. The fraction of sp³-hybridized carbons (Fsp3) is 0.450. The van der Waals surface area contributed by atoms with Gasteiger partial charge >= 0.3 is 0 Å². The number of carbonyl (C=O) groups is 1. The molecule has 2 bridgehead atoms. The summed E-state index contributed by atoms with van der Waals surface area (Å²) < 4.78 is 0. The molecule has 3 heterocycles. The average Bonchev–Trinajstić information content (AvgIpc) is 3.13. The van der Waals surface area contributed by atoms with E-state index in [4.69, 9.17) is 0 Å². The van der Waals surface area contributed by atoms with Crippen molar-refractivity contribution >= 4 is 17.2 Å². The van der Waals surface area contributed by atoms with Gasteiger partial charge < -0.3 is 10.2 Å². The lowest BCUT2D eigenvalue weighted by Gasteiger charge is -2.21.